The van der Waals surface area contributed by atoms with Crippen LogP contribution in [0.15, 0.2) is 24.4 Å². The Bertz CT molecular complexity index is 593. The fraction of sp³-hybridized carbons (Fsp3) is 0.231. The molecule has 0 aliphatic heterocycles. The van der Waals surface area contributed by atoms with Gasteiger partial charge in [-0.1, -0.05) is 0 Å². The molecule has 1 aromatic carbocycles. The van der Waals surface area contributed by atoms with Crippen LogP contribution in [-0.4, -0.2) is 16.9 Å². The normalized spacial score (nSPS) is 10.0. The van der Waals surface area contributed by atoms with E-state index in [1.165, 1.54) is 0 Å². The Balaban J connectivity index is 2.55. The summed E-state index contributed by atoms with van der Waals surface area (Å²) < 4.78 is 6.94. The minimum absolute atomic E-state index is 0.498. The first-order valence-electron chi connectivity index (χ1n) is 5.24. The Hall–Kier alpha value is -2.28. The van der Waals surface area contributed by atoms with Gasteiger partial charge in [-0.25, -0.2) is 9.53 Å². The van der Waals surface area contributed by atoms with E-state index in [0.29, 0.717) is 11.4 Å². The molecule has 0 radical (unpaired) electrons. The predicted molar refractivity (Wildman–Crippen MR) is 65.9 cm³/mol. The molecule has 0 N–H and O–H groups in total. The van der Waals surface area contributed by atoms with Crippen LogP contribution in [-0.2, 0) is 0 Å². The number of hydrogen-bond acceptors (Lipinski definition) is 2. The zero-order chi connectivity index (χ0) is 12.4. The second-order valence-electron chi connectivity index (χ2n) is 3.79. The lowest BCUT2D eigenvalue weighted by Crippen LogP contribution is -1.99. The van der Waals surface area contributed by atoms with E-state index in [9.17, 15) is 0 Å². The summed E-state index contributed by atoms with van der Waals surface area (Å²) in [6.45, 7) is 11.1. The monoisotopic (exact) mass is 227 g/mol. The first-order chi connectivity index (χ1) is 8.17. The summed E-state index contributed by atoms with van der Waals surface area (Å²) in [4.78, 5) is 3.45. The van der Waals surface area contributed by atoms with Crippen LogP contribution in [0.4, 0.5) is 5.69 Å². The molecule has 0 bridgehead atoms. The molecule has 0 unspecified atom stereocenters. The van der Waals surface area contributed by atoms with Crippen molar-refractivity contribution in [1.82, 2.24) is 9.78 Å². The van der Waals surface area contributed by atoms with Crippen LogP contribution in [0, 0.1) is 20.4 Å². The fourth-order valence-electron chi connectivity index (χ4n) is 1.65. The van der Waals surface area contributed by atoms with E-state index in [1.807, 2.05) is 30.8 Å². The number of rotatable bonds is 2. The third kappa shape index (κ3) is 1.87. The van der Waals surface area contributed by atoms with Gasteiger partial charge in [-0.15, -0.1) is 0 Å². The van der Waals surface area contributed by atoms with Crippen molar-refractivity contribution in [1.29, 1.82) is 0 Å². The van der Waals surface area contributed by atoms with Crippen LogP contribution in [0.5, 0.6) is 5.75 Å². The largest absolute Gasteiger partial charge is 0.508 e. The Kier molecular flexibility index (Phi) is 2.84. The van der Waals surface area contributed by atoms with Gasteiger partial charge >= 0.3 is 0 Å². The first-order valence-corrected chi connectivity index (χ1v) is 5.24. The number of nitrogens with zero attached hydrogens (tertiary/aromatic N) is 3. The van der Waals surface area contributed by atoms with Crippen LogP contribution in [0.2, 0.25) is 0 Å². The van der Waals surface area contributed by atoms with Crippen LogP contribution in [0.25, 0.3) is 10.5 Å². The predicted octanol–water partition coefficient (Wildman–Crippen LogP) is 3.05. The van der Waals surface area contributed by atoms with Crippen LogP contribution in [0.3, 0.4) is 0 Å². The van der Waals surface area contributed by atoms with E-state index in [1.54, 1.807) is 19.2 Å². The van der Waals surface area contributed by atoms with Gasteiger partial charge in [0, 0.05) is 5.69 Å². The van der Waals surface area contributed by atoms with Crippen molar-refractivity contribution in [3.63, 3.8) is 0 Å². The van der Waals surface area contributed by atoms with Crippen molar-refractivity contribution in [2.75, 3.05) is 7.11 Å². The SMILES string of the molecule is [C-]#[N+]c1cc(-n2ncc(C)c2C)ccc1OC. The van der Waals surface area contributed by atoms with E-state index in [4.69, 9.17) is 11.3 Å². The maximum absolute atomic E-state index is 7.12. The lowest BCUT2D eigenvalue weighted by Gasteiger charge is -2.08. The second-order valence-corrected chi connectivity index (χ2v) is 3.79. The number of ether oxygens (including phenoxy) is 1. The Labute approximate surface area is 100 Å². The van der Waals surface area contributed by atoms with Gasteiger partial charge in [-0.3, -0.25) is 0 Å². The first kappa shape index (κ1) is 11.2. The summed E-state index contributed by atoms with van der Waals surface area (Å²) in [5.41, 5.74) is 3.58. The number of aromatic nitrogens is 2. The molecule has 0 spiro atoms. The standard InChI is InChI=1S/C13H13N3O/c1-9-8-15-16(10(9)2)11-5-6-13(17-4)12(7-11)14-3/h5-8H,1-2,4H3. The minimum Gasteiger partial charge on any atom is -0.508 e. The number of hydrogen-bond donors (Lipinski definition) is 0. The number of aryl methyl sites for hydroxylation is 1. The maximum atomic E-state index is 7.12. The van der Waals surface area contributed by atoms with Crippen molar-refractivity contribution in [2.45, 2.75) is 13.8 Å². The molecule has 0 amide bonds. The summed E-state index contributed by atoms with van der Waals surface area (Å²) in [6, 6.07) is 5.47. The summed E-state index contributed by atoms with van der Waals surface area (Å²) in [5, 5.41) is 4.29. The molecule has 0 atom stereocenters. The number of methoxy groups -OCH3 is 1. The quantitative estimate of drug-likeness (QED) is 0.738. The van der Waals surface area contributed by atoms with Gasteiger partial charge in [0.2, 0.25) is 5.69 Å². The molecule has 0 saturated carbocycles. The molecule has 1 aromatic heterocycles. The maximum Gasteiger partial charge on any atom is 0.230 e. The lowest BCUT2D eigenvalue weighted by molar-refractivity contribution is 0.417. The topological polar surface area (TPSA) is 31.4 Å². The highest BCUT2D eigenvalue weighted by Crippen LogP contribution is 2.30. The Morgan fingerprint density at radius 2 is 2.12 bits per heavy atom. The molecule has 0 aliphatic rings. The van der Waals surface area contributed by atoms with Crippen LogP contribution >= 0.6 is 0 Å². The smallest absolute Gasteiger partial charge is 0.230 e. The van der Waals surface area contributed by atoms with Crippen molar-refractivity contribution in [3.05, 3.63) is 47.1 Å². The zero-order valence-corrected chi connectivity index (χ0v) is 10.1. The van der Waals surface area contributed by atoms with Gasteiger partial charge in [0.1, 0.15) is 5.75 Å². The van der Waals surface area contributed by atoms with Gasteiger partial charge in [0.15, 0.2) is 0 Å². The average Bonchev–Trinajstić information content (AvgIpc) is 2.69. The summed E-state index contributed by atoms with van der Waals surface area (Å²) in [5.74, 6) is 0.588. The van der Waals surface area contributed by atoms with E-state index >= 15 is 0 Å². The molecule has 4 nitrogen and oxygen atoms in total. The van der Waals surface area contributed by atoms with E-state index < -0.39 is 0 Å². The third-order valence-corrected chi connectivity index (χ3v) is 2.78. The van der Waals surface area contributed by atoms with Crippen molar-refractivity contribution in [2.24, 2.45) is 0 Å². The van der Waals surface area contributed by atoms with Gasteiger partial charge in [-0.2, -0.15) is 5.10 Å². The molecule has 2 aromatic rings. The second kappa shape index (κ2) is 4.30. The molecule has 0 fully saturated rings. The van der Waals surface area contributed by atoms with E-state index in [0.717, 1.165) is 16.9 Å². The highest BCUT2D eigenvalue weighted by Gasteiger charge is 2.08. The van der Waals surface area contributed by atoms with Crippen molar-refractivity contribution < 1.29 is 4.74 Å². The Morgan fingerprint density at radius 1 is 1.35 bits per heavy atom. The molecule has 0 saturated heterocycles. The highest BCUT2D eigenvalue weighted by atomic mass is 16.5. The summed E-state index contributed by atoms with van der Waals surface area (Å²) in [6.07, 6.45) is 1.82. The molecular weight excluding hydrogens is 214 g/mol. The molecule has 4 heteroatoms. The van der Waals surface area contributed by atoms with Gasteiger partial charge in [0.05, 0.1) is 25.6 Å². The third-order valence-electron chi connectivity index (χ3n) is 2.78. The van der Waals surface area contributed by atoms with E-state index in [2.05, 4.69) is 9.94 Å². The van der Waals surface area contributed by atoms with Crippen molar-refractivity contribution >= 4 is 5.69 Å². The highest BCUT2D eigenvalue weighted by molar-refractivity contribution is 5.62. The molecule has 0 aliphatic carbocycles. The average molecular weight is 227 g/mol. The number of benzene rings is 1. The van der Waals surface area contributed by atoms with Crippen LogP contribution < -0.4 is 4.74 Å². The molecule has 2 rings (SSSR count). The van der Waals surface area contributed by atoms with E-state index in [-0.39, 0.29) is 0 Å². The molecular formula is C13H13N3O. The zero-order valence-electron chi connectivity index (χ0n) is 10.1. The summed E-state index contributed by atoms with van der Waals surface area (Å²) in [7, 11) is 1.56. The Morgan fingerprint density at radius 3 is 2.65 bits per heavy atom. The van der Waals surface area contributed by atoms with Gasteiger partial charge in [-0.05, 0) is 37.6 Å². The summed E-state index contributed by atoms with van der Waals surface area (Å²) >= 11 is 0. The van der Waals surface area contributed by atoms with Crippen molar-refractivity contribution in [3.8, 4) is 11.4 Å². The fourth-order valence-corrected chi connectivity index (χ4v) is 1.65. The minimum atomic E-state index is 0.498. The molecule has 86 valence electrons. The van der Waals surface area contributed by atoms with Gasteiger partial charge < -0.3 is 4.74 Å². The van der Waals surface area contributed by atoms with Gasteiger partial charge in [0.25, 0.3) is 0 Å². The molecule has 17 heavy (non-hydrogen) atoms. The molecule has 1 heterocycles. The lowest BCUT2D eigenvalue weighted by atomic mass is 10.2. The van der Waals surface area contributed by atoms with Crippen LogP contribution in [0.1, 0.15) is 11.3 Å².